The van der Waals surface area contributed by atoms with Gasteiger partial charge in [0, 0.05) is 46.1 Å². The Morgan fingerprint density at radius 3 is 2.45 bits per heavy atom. The van der Waals surface area contributed by atoms with Gasteiger partial charge in [-0.3, -0.25) is 0 Å². The average molecular weight is 722 g/mol. The molecule has 0 saturated heterocycles. The maximum Gasteiger partial charge on any atom is 0.227 e. The van der Waals surface area contributed by atoms with E-state index in [4.69, 9.17) is 16.0 Å². The minimum Gasteiger partial charge on any atom is -0.437 e. The number of fused-ring (bicyclic) bond motifs is 13. The van der Waals surface area contributed by atoms with E-state index < -0.39 is 8.07 Å². The van der Waals surface area contributed by atoms with E-state index in [0.29, 0.717) is 11.6 Å². The highest BCUT2D eigenvalue weighted by atomic mass is 28.3. The monoisotopic (exact) mass is 721 g/mol. The molecule has 2 unspecified atom stereocenters. The molecule has 0 radical (unpaired) electrons. The van der Waals surface area contributed by atoms with Gasteiger partial charge in [0.05, 0.1) is 25.6 Å². The van der Waals surface area contributed by atoms with Crippen molar-refractivity contribution in [1.29, 1.82) is 0 Å². The first-order chi connectivity index (χ1) is 25.3. The maximum absolute atomic E-state index is 6.72. The zero-order chi connectivity index (χ0) is 37.4. The topological polar surface area (TPSA) is 32.9 Å². The van der Waals surface area contributed by atoms with Crippen LogP contribution in [0.2, 0.25) is 19.6 Å². The van der Waals surface area contributed by atoms with Crippen LogP contribution in [-0.2, 0) is 25.7 Å². The molecule has 5 heteroatoms. The first kappa shape index (κ1) is 35.9. The number of allylic oxidation sites excluding steroid dienone is 2. The third-order valence-electron chi connectivity index (χ3n) is 12.2. The van der Waals surface area contributed by atoms with Crippen LogP contribution in [0.25, 0.3) is 33.3 Å². The fraction of sp³-hybridized carbons (Fsp3) is 0.438. The highest BCUT2D eigenvalue weighted by molar-refractivity contribution is 6.89. The predicted octanol–water partition coefficient (Wildman–Crippen LogP) is 10.8. The van der Waals surface area contributed by atoms with Gasteiger partial charge in [-0.05, 0) is 104 Å². The molecule has 3 aliphatic rings. The molecule has 5 aromatic rings. The molecule has 2 aromatic carbocycles. The fourth-order valence-corrected chi connectivity index (χ4v) is 11.6. The summed E-state index contributed by atoms with van der Waals surface area (Å²) in [5, 5.41) is 3.79. The molecule has 3 aromatic heterocycles. The minimum atomic E-state index is -1.69. The Hall–Kier alpha value is -4.09. The van der Waals surface area contributed by atoms with Crippen LogP contribution >= 0.6 is 0 Å². The molecular formula is C48H59N3OSi+2. The Bertz CT molecular complexity index is 2340. The van der Waals surface area contributed by atoms with Gasteiger partial charge in [0.15, 0.2) is 23.5 Å². The summed E-state index contributed by atoms with van der Waals surface area (Å²) in [6, 6.07) is 16.8. The van der Waals surface area contributed by atoms with E-state index in [1.54, 1.807) is 33.0 Å². The normalized spacial score (nSPS) is 19.1. The largest absolute Gasteiger partial charge is 0.437 e. The van der Waals surface area contributed by atoms with Crippen LogP contribution in [0.15, 0.2) is 78.0 Å². The van der Waals surface area contributed by atoms with Crippen molar-refractivity contribution in [1.82, 2.24) is 4.98 Å². The fourth-order valence-electron chi connectivity index (χ4n) is 9.95. The number of aryl methyl sites for hydroxylation is 3. The van der Waals surface area contributed by atoms with E-state index in [9.17, 15) is 0 Å². The Kier molecular flexibility index (Phi) is 9.04. The summed E-state index contributed by atoms with van der Waals surface area (Å²) < 4.78 is 12.0. The van der Waals surface area contributed by atoms with Crippen LogP contribution in [0, 0.1) is 12.3 Å². The number of hydrogen-bond donors (Lipinski definition) is 0. The minimum absolute atomic E-state index is 0.208. The van der Waals surface area contributed by atoms with Crippen molar-refractivity contribution in [3.8, 4) is 11.3 Å². The molecule has 53 heavy (non-hydrogen) atoms. The standard InChI is InChI=1S/C48H59N3OSi/c1-11-25-50-31(4)26-41-36(22-19-33-20-24-38-39-21-17-30(3)49-47(39)52-46(38)44(33)40(50)12-2)37-23-18-32-15-13-14-16-35(32)45(37)42-27-34(28-48(5,6)7)43(29-51(41)42)53(8,9)10/h12,17-18,20-21,23-24,27,29,36,41H,2,4,11,13-16,19,22,25-26,28H2,1,3,5-10H3/q+2. The van der Waals surface area contributed by atoms with Gasteiger partial charge >= 0.3 is 0 Å². The zero-order valence-electron chi connectivity index (χ0n) is 33.6. The van der Waals surface area contributed by atoms with Gasteiger partial charge in [-0.25, -0.2) is 4.98 Å². The molecule has 0 fully saturated rings. The second-order valence-corrected chi connectivity index (χ2v) is 23.5. The zero-order valence-corrected chi connectivity index (χ0v) is 34.6. The summed E-state index contributed by atoms with van der Waals surface area (Å²) >= 11 is 0. The van der Waals surface area contributed by atoms with Crippen molar-refractivity contribution in [3.63, 3.8) is 0 Å². The maximum atomic E-state index is 6.72. The van der Waals surface area contributed by atoms with Crippen LogP contribution in [0.4, 0.5) is 0 Å². The third-order valence-corrected chi connectivity index (χ3v) is 14.3. The molecule has 0 N–H and O–H groups in total. The van der Waals surface area contributed by atoms with Crippen LogP contribution in [0.1, 0.15) is 111 Å². The highest BCUT2D eigenvalue weighted by Gasteiger charge is 2.45. The summed E-state index contributed by atoms with van der Waals surface area (Å²) in [5.74, 6) is 0.353. The predicted molar refractivity (Wildman–Crippen MR) is 225 cm³/mol. The van der Waals surface area contributed by atoms with Crippen molar-refractivity contribution in [2.45, 2.75) is 124 Å². The van der Waals surface area contributed by atoms with Gasteiger partial charge in [0.1, 0.15) is 6.54 Å². The molecule has 274 valence electrons. The van der Waals surface area contributed by atoms with E-state index in [-0.39, 0.29) is 11.5 Å². The molecule has 5 heterocycles. The molecule has 0 saturated carbocycles. The van der Waals surface area contributed by atoms with Crippen molar-refractivity contribution in [2.24, 2.45) is 5.41 Å². The van der Waals surface area contributed by atoms with Crippen LogP contribution < -0.4 is 9.75 Å². The lowest BCUT2D eigenvalue weighted by Crippen LogP contribution is -2.54. The smallest absolute Gasteiger partial charge is 0.227 e. The summed E-state index contributed by atoms with van der Waals surface area (Å²) in [4.78, 5) is 4.81. The summed E-state index contributed by atoms with van der Waals surface area (Å²) in [5.41, 5.74) is 16.8. The van der Waals surface area contributed by atoms with Gasteiger partial charge in [0.25, 0.3) is 0 Å². The average Bonchev–Trinajstić information content (AvgIpc) is 3.47. The lowest BCUT2D eigenvalue weighted by molar-refractivity contribution is -0.719. The molecule has 8 rings (SSSR count). The molecule has 0 bridgehead atoms. The van der Waals surface area contributed by atoms with Crippen molar-refractivity contribution in [2.75, 3.05) is 6.54 Å². The lowest BCUT2D eigenvalue weighted by Gasteiger charge is -2.35. The molecule has 1 aliphatic carbocycles. The van der Waals surface area contributed by atoms with Gasteiger partial charge in [0.2, 0.25) is 17.1 Å². The second kappa shape index (κ2) is 13.3. The molecule has 0 spiro atoms. The van der Waals surface area contributed by atoms with E-state index in [2.05, 4.69) is 118 Å². The summed E-state index contributed by atoms with van der Waals surface area (Å²) in [6.45, 7) is 29.3. The number of rotatable bonds is 5. The Morgan fingerprint density at radius 1 is 0.962 bits per heavy atom. The van der Waals surface area contributed by atoms with Gasteiger partial charge in [-0.1, -0.05) is 78.2 Å². The van der Waals surface area contributed by atoms with Gasteiger partial charge < -0.3 is 4.42 Å². The van der Waals surface area contributed by atoms with Crippen molar-refractivity contribution >= 4 is 41.0 Å². The molecule has 4 nitrogen and oxygen atoms in total. The number of aromatic nitrogens is 2. The Labute approximate surface area is 318 Å². The number of furan rings is 1. The van der Waals surface area contributed by atoms with E-state index in [1.165, 1.54) is 36.9 Å². The quantitative estimate of drug-likeness (QED) is 0.134. The van der Waals surface area contributed by atoms with Crippen LogP contribution in [-0.4, -0.2) is 29.9 Å². The number of pyridine rings is 2. The molecular weight excluding hydrogens is 663 g/mol. The Balaban J connectivity index is 1.39. The van der Waals surface area contributed by atoms with Gasteiger partial charge in [-0.2, -0.15) is 9.14 Å². The van der Waals surface area contributed by atoms with Crippen LogP contribution in [0.3, 0.4) is 0 Å². The SMILES string of the molecule is C=CC1=[N+](CCC)C(=C)CC2C(CCc3ccc4c(oc5nc(C)ccc54)c31)c1ccc3c(c1-c1cc(CC(C)(C)C)c([Si](C)(C)C)c[n+]12)CCCC3. The van der Waals surface area contributed by atoms with E-state index >= 15 is 0 Å². The number of nitrogens with zero attached hydrogens (tertiary/aromatic N) is 3. The second-order valence-electron chi connectivity index (χ2n) is 18.5. The first-order valence-electron chi connectivity index (χ1n) is 20.3. The first-order valence-corrected chi connectivity index (χ1v) is 23.8. The van der Waals surface area contributed by atoms with Crippen molar-refractivity contribution < 1.29 is 13.6 Å². The van der Waals surface area contributed by atoms with Gasteiger partial charge in [-0.15, -0.1) is 0 Å². The molecule has 2 atom stereocenters. The number of benzene rings is 2. The van der Waals surface area contributed by atoms with E-state index in [0.717, 1.165) is 77.7 Å². The lowest BCUT2D eigenvalue weighted by atomic mass is 9.73. The summed E-state index contributed by atoms with van der Waals surface area (Å²) in [6.07, 6.45) is 14.6. The van der Waals surface area contributed by atoms with E-state index in [1.807, 2.05) is 6.92 Å². The van der Waals surface area contributed by atoms with Crippen molar-refractivity contribution in [3.05, 3.63) is 113 Å². The van der Waals surface area contributed by atoms with Crippen LogP contribution in [0.5, 0.6) is 0 Å². The Morgan fingerprint density at radius 2 is 1.72 bits per heavy atom. The highest BCUT2D eigenvalue weighted by Crippen LogP contribution is 2.47. The third kappa shape index (κ3) is 6.27. The summed E-state index contributed by atoms with van der Waals surface area (Å²) in [7, 11) is -1.69. The molecule has 0 amide bonds. The number of hydrogen-bond acceptors (Lipinski definition) is 2. The molecule has 2 aliphatic heterocycles.